The molecular formula is C14H18N4. The van der Waals surface area contributed by atoms with Gasteiger partial charge in [0, 0.05) is 24.5 Å². The van der Waals surface area contributed by atoms with E-state index in [-0.39, 0.29) is 0 Å². The molecule has 94 valence electrons. The lowest BCUT2D eigenvalue weighted by Gasteiger charge is -2.02. The van der Waals surface area contributed by atoms with Crippen LogP contribution in [0.2, 0.25) is 0 Å². The van der Waals surface area contributed by atoms with Gasteiger partial charge in [0.25, 0.3) is 0 Å². The van der Waals surface area contributed by atoms with Crippen molar-refractivity contribution in [2.75, 3.05) is 0 Å². The number of aromatic nitrogens is 3. The summed E-state index contributed by atoms with van der Waals surface area (Å²) in [6.45, 7) is 3.68. The van der Waals surface area contributed by atoms with Crippen LogP contribution in [0.3, 0.4) is 0 Å². The summed E-state index contributed by atoms with van der Waals surface area (Å²) in [4.78, 5) is 8.90. The van der Waals surface area contributed by atoms with Gasteiger partial charge in [-0.1, -0.05) is 6.07 Å². The smallest absolute Gasteiger partial charge is 0.0953 e. The fraction of sp³-hybridized carbons (Fsp3) is 0.429. The normalized spacial score (nSPS) is 14.9. The highest BCUT2D eigenvalue weighted by atomic mass is 15.1. The molecule has 1 aliphatic rings. The number of nitrogens with zero attached hydrogens (tertiary/aromatic N) is 3. The molecule has 0 bridgehead atoms. The Labute approximate surface area is 107 Å². The van der Waals surface area contributed by atoms with E-state index < -0.39 is 0 Å². The van der Waals surface area contributed by atoms with Gasteiger partial charge < -0.3 is 9.88 Å². The maximum Gasteiger partial charge on any atom is 0.0953 e. The molecule has 0 aliphatic heterocycles. The third-order valence-corrected chi connectivity index (χ3v) is 3.13. The van der Waals surface area contributed by atoms with E-state index in [1.807, 2.05) is 25.4 Å². The summed E-state index contributed by atoms with van der Waals surface area (Å²) >= 11 is 0. The van der Waals surface area contributed by atoms with E-state index in [1.165, 1.54) is 12.8 Å². The number of rotatable bonds is 5. The predicted octanol–water partition coefficient (Wildman–Crippen LogP) is 1.89. The zero-order valence-electron chi connectivity index (χ0n) is 10.6. The first-order valence-corrected chi connectivity index (χ1v) is 6.46. The first kappa shape index (κ1) is 11.4. The van der Waals surface area contributed by atoms with Crippen LogP contribution in [0, 0.1) is 6.92 Å². The fourth-order valence-electron chi connectivity index (χ4n) is 2.00. The predicted molar refractivity (Wildman–Crippen MR) is 70.2 cm³/mol. The minimum Gasteiger partial charge on any atom is -0.331 e. The van der Waals surface area contributed by atoms with Gasteiger partial charge in [-0.3, -0.25) is 4.98 Å². The number of hydrogen-bond acceptors (Lipinski definition) is 3. The zero-order chi connectivity index (χ0) is 12.4. The molecule has 18 heavy (non-hydrogen) atoms. The lowest BCUT2D eigenvalue weighted by atomic mass is 10.3. The fourth-order valence-corrected chi connectivity index (χ4v) is 2.00. The van der Waals surface area contributed by atoms with Crippen molar-refractivity contribution in [3.8, 4) is 0 Å². The standard InChI is InChI=1S/C14H18N4/c1-11-3-2-4-13(17-11)8-18-9-14(16-10-18)7-15-12-5-6-12/h2-4,9-10,12,15H,5-8H2,1H3. The van der Waals surface area contributed by atoms with E-state index in [1.54, 1.807) is 0 Å². The van der Waals surface area contributed by atoms with Crippen LogP contribution in [-0.2, 0) is 13.1 Å². The van der Waals surface area contributed by atoms with Crippen LogP contribution in [0.15, 0.2) is 30.7 Å². The highest BCUT2D eigenvalue weighted by Crippen LogP contribution is 2.19. The van der Waals surface area contributed by atoms with Crippen molar-refractivity contribution in [2.24, 2.45) is 0 Å². The molecule has 3 rings (SSSR count). The van der Waals surface area contributed by atoms with Crippen LogP contribution in [-0.4, -0.2) is 20.6 Å². The molecular weight excluding hydrogens is 224 g/mol. The Morgan fingerprint density at radius 3 is 3.00 bits per heavy atom. The van der Waals surface area contributed by atoms with Gasteiger partial charge in [-0.25, -0.2) is 4.98 Å². The number of nitrogens with one attached hydrogen (secondary N) is 1. The molecule has 2 aromatic rings. The number of imidazole rings is 1. The summed E-state index contributed by atoms with van der Waals surface area (Å²) in [6.07, 6.45) is 6.61. The summed E-state index contributed by atoms with van der Waals surface area (Å²) < 4.78 is 2.09. The van der Waals surface area contributed by atoms with E-state index >= 15 is 0 Å². The van der Waals surface area contributed by atoms with Crippen molar-refractivity contribution in [1.82, 2.24) is 19.9 Å². The second kappa shape index (κ2) is 4.90. The first-order chi connectivity index (χ1) is 8.79. The van der Waals surface area contributed by atoms with E-state index in [2.05, 4.69) is 32.1 Å². The molecule has 0 amide bonds. The largest absolute Gasteiger partial charge is 0.331 e. The zero-order valence-corrected chi connectivity index (χ0v) is 10.6. The average Bonchev–Trinajstić information content (AvgIpc) is 3.08. The van der Waals surface area contributed by atoms with E-state index in [0.717, 1.165) is 36.2 Å². The molecule has 0 atom stereocenters. The third-order valence-electron chi connectivity index (χ3n) is 3.13. The van der Waals surface area contributed by atoms with Crippen LogP contribution in [0.25, 0.3) is 0 Å². The first-order valence-electron chi connectivity index (χ1n) is 6.46. The Kier molecular flexibility index (Phi) is 3.11. The monoisotopic (exact) mass is 242 g/mol. The van der Waals surface area contributed by atoms with Crippen LogP contribution in [0.1, 0.15) is 29.9 Å². The Morgan fingerprint density at radius 1 is 1.33 bits per heavy atom. The molecule has 0 saturated heterocycles. The van der Waals surface area contributed by atoms with Crippen molar-refractivity contribution in [3.63, 3.8) is 0 Å². The van der Waals surface area contributed by atoms with E-state index in [9.17, 15) is 0 Å². The molecule has 0 spiro atoms. The van der Waals surface area contributed by atoms with Crippen LogP contribution in [0.4, 0.5) is 0 Å². The van der Waals surface area contributed by atoms with Gasteiger partial charge in [0.1, 0.15) is 0 Å². The molecule has 0 radical (unpaired) electrons. The lowest BCUT2D eigenvalue weighted by Crippen LogP contribution is -2.15. The summed E-state index contributed by atoms with van der Waals surface area (Å²) in [5.41, 5.74) is 3.24. The molecule has 1 N–H and O–H groups in total. The molecule has 0 aromatic carbocycles. The maximum absolute atomic E-state index is 4.50. The van der Waals surface area contributed by atoms with Gasteiger partial charge in [-0.05, 0) is 31.9 Å². The Balaban J connectivity index is 1.61. The molecule has 1 fully saturated rings. The number of pyridine rings is 1. The summed E-state index contributed by atoms with van der Waals surface area (Å²) in [5, 5.41) is 3.47. The molecule has 0 unspecified atom stereocenters. The molecule has 4 heteroatoms. The molecule has 2 heterocycles. The van der Waals surface area contributed by atoms with Gasteiger partial charge in [0.15, 0.2) is 0 Å². The van der Waals surface area contributed by atoms with Crippen LogP contribution < -0.4 is 5.32 Å². The molecule has 4 nitrogen and oxygen atoms in total. The van der Waals surface area contributed by atoms with Crippen molar-refractivity contribution in [1.29, 1.82) is 0 Å². The molecule has 1 saturated carbocycles. The number of hydrogen-bond donors (Lipinski definition) is 1. The number of aryl methyl sites for hydroxylation is 1. The van der Waals surface area contributed by atoms with Gasteiger partial charge in [-0.2, -0.15) is 0 Å². The second-order valence-electron chi connectivity index (χ2n) is 4.96. The third kappa shape index (κ3) is 2.96. The van der Waals surface area contributed by atoms with E-state index in [0.29, 0.717) is 0 Å². The van der Waals surface area contributed by atoms with Crippen LogP contribution >= 0.6 is 0 Å². The Bertz CT molecular complexity index is 528. The quantitative estimate of drug-likeness (QED) is 0.870. The molecule has 1 aliphatic carbocycles. The van der Waals surface area contributed by atoms with E-state index in [4.69, 9.17) is 0 Å². The maximum atomic E-state index is 4.50. The summed E-state index contributed by atoms with van der Waals surface area (Å²) in [7, 11) is 0. The van der Waals surface area contributed by atoms with Gasteiger partial charge in [0.05, 0.1) is 24.3 Å². The highest BCUT2D eigenvalue weighted by Gasteiger charge is 2.20. The minimum absolute atomic E-state index is 0.730. The molecule has 2 aromatic heterocycles. The van der Waals surface area contributed by atoms with Crippen molar-refractivity contribution >= 4 is 0 Å². The average molecular weight is 242 g/mol. The van der Waals surface area contributed by atoms with Crippen molar-refractivity contribution in [3.05, 3.63) is 47.8 Å². The minimum atomic E-state index is 0.730. The Hall–Kier alpha value is -1.68. The summed E-state index contributed by atoms with van der Waals surface area (Å²) in [5.74, 6) is 0. The van der Waals surface area contributed by atoms with Gasteiger partial charge in [0.2, 0.25) is 0 Å². The Morgan fingerprint density at radius 2 is 2.22 bits per heavy atom. The van der Waals surface area contributed by atoms with Gasteiger partial charge >= 0.3 is 0 Å². The lowest BCUT2D eigenvalue weighted by molar-refractivity contribution is 0.675. The SMILES string of the molecule is Cc1cccc(Cn2cnc(CNC3CC3)c2)n1. The van der Waals surface area contributed by atoms with Gasteiger partial charge in [-0.15, -0.1) is 0 Å². The van der Waals surface area contributed by atoms with Crippen molar-refractivity contribution in [2.45, 2.75) is 38.9 Å². The second-order valence-corrected chi connectivity index (χ2v) is 4.96. The topological polar surface area (TPSA) is 42.7 Å². The van der Waals surface area contributed by atoms with Crippen LogP contribution in [0.5, 0.6) is 0 Å². The summed E-state index contributed by atoms with van der Waals surface area (Å²) in [6, 6.07) is 6.84. The highest BCUT2D eigenvalue weighted by molar-refractivity contribution is 5.11. The van der Waals surface area contributed by atoms with Crippen molar-refractivity contribution < 1.29 is 0 Å².